The van der Waals surface area contributed by atoms with Gasteiger partial charge >= 0.3 is 0 Å². The Kier molecular flexibility index (Phi) is 4.32. The van der Waals surface area contributed by atoms with Gasteiger partial charge in [0.15, 0.2) is 10.8 Å². The highest BCUT2D eigenvalue weighted by Gasteiger charge is 2.22. The van der Waals surface area contributed by atoms with Gasteiger partial charge in [-0.1, -0.05) is 41.6 Å². The van der Waals surface area contributed by atoms with Crippen LogP contribution in [0.4, 0.5) is 5.82 Å². The lowest BCUT2D eigenvalue weighted by molar-refractivity contribution is 0.398. The Labute approximate surface area is 144 Å². The number of benzene rings is 1. The molecule has 2 N–H and O–H groups in total. The molecule has 0 spiro atoms. The highest BCUT2D eigenvalue weighted by Crippen LogP contribution is 2.34. The third kappa shape index (κ3) is 2.65. The number of methoxy groups -OCH3 is 1. The van der Waals surface area contributed by atoms with Gasteiger partial charge in [0.25, 0.3) is 0 Å². The molecule has 122 valence electrons. The number of aromatic nitrogens is 3. The molecule has 0 saturated carbocycles. The fraction of sp³-hybridized carbons (Fsp3) is 0.235. The van der Waals surface area contributed by atoms with E-state index in [0.29, 0.717) is 40.0 Å². The summed E-state index contributed by atoms with van der Waals surface area (Å²) >= 11 is 1.41. The second kappa shape index (κ2) is 6.42. The van der Waals surface area contributed by atoms with Crippen molar-refractivity contribution in [3.63, 3.8) is 0 Å². The zero-order valence-corrected chi connectivity index (χ0v) is 14.5. The Morgan fingerprint density at radius 3 is 2.58 bits per heavy atom. The molecule has 3 aromatic rings. The van der Waals surface area contributed by atoms with Gasteiger partial charge in [-0.2, -0.15) is 10.2 Å². The molecule has 0 aliphatic carbocycles. The zero-order chi connectivity index (χ0) is 17.3. The average Bonchev–Trinajstić information content (AvgIpc) is 2.87. The van der Waals surface area contributed by atoms with Crippen molar-refractivity contribution in [2.24, 2.45) is 0 Å². The Balaban J connectivity index is 2.25. The second-order valence-corrected chi connectivity index (χ2v) is 6.14. The molecule has 0 fully saturated rings. The average molecular weight is 339 g/mol. The molecular weight excluding hydrogens is 322 g/mol. The van der Waals surface area contributed by atoms with Crippen molar-refractivity contribution >= 4 is 28.6 Å². The van der Waals surface area contributed by atoms with Gasteiger partial charge in [0.2, 0.25) is 5.88 Å². The first-order chi connectivity index (χ1) is 11.6. The maximum Gasteiger partial charge on any atom is 0.228 e. The highest BCUT2D eigenvalue weighted by atomic mass is 32.2. The van der Waals surface area contributed by atoms with Crippen LogP contribution >= 0.6 is 11.8 Å². The van der Waals surface area contributed by atoms with Gasteiger partial charge in [-0.15, -0.1) is 0 Å². The van der Waals surface area contributed by atoms with E-state index in [0.717, 1.165) is 5.56 Å². The number of nitrogen functional groups attached to an aromatic ring is 1. The van der Waals surface area contributed by atoms with E-state index in [1.165, 1.54) is 24.4 Å². The SMILES string of the molecule is COc1nc(SC)nc2c1c(C#N)c(N)n2Cc1ccc(C)cc1. The molecule has 0 atom stereocenters. The Morgan fingerprint density at radius 1 is 1.29 bits per heavy atom. The fourth-order valence-corrected chi connectivity index (χ4v) is 2.94. The summed E-state index contributed by atoms with van der Waals surface area (Å²) < 4.78 is 7.20. The van der Waals surface area contributed by atoms with E-state index < -0.39 is 0 Å². The number of hydrogen-bond donors (Lipinski definition) is 1. The summed E-state index contributed by atoms with van der Waals surface area (Å²) in [5, 5.41) is 10.7. The number of rotatable bonds is 4. The molecule has 0 unspecified atom stereocenters. The molecule has 24 heavy (non-hydrogen) atoms. The Bertz CT molecular complexity index is 940. The van der Waals surface area contributed by atoms with E-state index in [2.05, 4.69) is 16.0 Å². The number of ether oxygens (including phenoxy) is 1. The maximum atomic E-state index is 9.52. The van der Waals surface area contributed by atoms with E-state index in [9.17, 15) is 5.26 Å². The molecule has 3 rings (SSSR count). The smallest absolute Gasteiger partial charge is 0.228 e. The van der Waals surface area contributed by atoms with Crippen LogP contribution in [0.3, 0.4) is 0 Å². The van der Waals surface area contributed by atoms with E-state index in [4.69, 9.17) is 10.5 Å². The van der Waals surface area contributed by atoms with Gasteiger partial charge in [-0.25, -0.2) is 4.98 Å². The van der Waals surface area contributed by atoms with E-state index >= 15 is 0 Å². The van der Waals surface area contributed by atoms with E-state index in [-0.39, 0.29) is 0 Å². The third-order valence-corrected chi connectivity index (χ3v) is 4.39. The number of nitrogens with zero attached hydrogens (tertiary/aromatic N) is 4. The molecule has 2 aromatic heterocycles. The lowest BCUT2D eigenvalue weighted by Gasteiger charge is -2.09. The highest BCUT2D eigenvalue weighted by molar-refractivity contribution is 7.98. The fourth-order valence-electron chi connectivity index (χ4n) is 2.59. The van der Waals surface area contributed by atoms with Crippen molar-refractivity contribution in [3.05, 3.63) is 41.0 Å². The minimum absolute atomic E-state index is 0.349. The van der Waals surface area contributed by atoms with Crippen LogP contribution in [0.25, 0.3) is 11.0 Å². The van der Waals surface area contributed by atoms with Crippen molar-refractivity contribution in [3.8, 4) is 11.9 Å². The summed E-state index contributed by atoms with van der Waals surface area (Å²) in [6.07, 6.45) is 1.89. The van der Waals surface area contributed by atoms with Crippen LogP contribution in [0.2, 0.25) is 0 Å². The first-order valence-corrected chi connectivity index (χ1v) is 8.54. The van der Waals surface area contributed by atoms with Crippen LogP contribution in [0.15, 0.2) is 29.4 Å². The molecule has 0 saturated heterocycles. The number of aryl methyl sites for hydroxylation is 1. The van der Waals surface area contributed by atoms with Crippen LogP contribution < -0.4 is 10.5 Å². The molecule has 0 aliphatic rings. The van der Waals surface area contributed by atoms with Crippen LogP contribution in [-0.4, -0.2) is 27.9 Å². The molecular formula is C17H17N5OS. The number of fused-ring (bicyclic) bond motifs is 1. The lowest BCUT2D eigenvalue weighted by Crippen LogP contribution is -2.06. The van der Waals surface area contributed by atoms with Gasteiger partial charge < -0.3 is 15.0 Å². The monoisotopic (exact) mass is 339 g/mol. The van der Waals surface area contributed by atoms with Gasteiger partial charge in [0.05, 0.1) is 13.7 Å². The first-order valence-electron chi connectivity index (χ1n) is 7.32. The normalized spacial score (nSPS) is 10.8. The van der Waals surface area contributed by atoms with Gasteiger partial charge in [0, 0.05) is 0 Å². The summed E-state index contributed by atoms with van der Waals surface area (Å²) in [5.41, 5.74) is 9.46. The predicted molar refractivity (Wildman–Crippen MR) is 95.3 cm³/mol. The van der Waals surface area contributed by atoms with Gasteiger partial charge in [-0.3, -0.25) is 0 Å². The molecule has 0 amide bonds. The molecule has 7 heteroatoms. The lowest BCUT2D eigenvalue weighted by atomic mass is 10.1. The second-order valence-electron chi connectivity index (χ2n) is 5.36. The standard InChI is InChI=1S/C17H17N5OS/c1-10-4-6-11(7-5-10)9-22-14(19)12(8-18)13-15(22)20-17(24-3)21-16(13)23-2/h4-7H,9,19H2,1-3H3. The summed E-state index contributed by atoms with van der Waals surface area (Å²) in [6, 6.07) is 10.3. The first kappa shape index (κ1) is 16.1. The quantitative estimate of drug-likeness (QED) is 0.580. The predicted octanol–water partition coefficient (Wildman–Crippen LogP) is 2.97. The molecule has 0 aliphatic heterocycles. The van der Waals surface area contributed by atoms with Crippen LogP contribution in [0.5, 0.6) is 5.88 Å². The van der Waals surface area contributed by atoms with Gasteiger partial charge in [0.1, 0.15) is 22.8 Å². The van der Waals surface area contributed by atoms with Crippen molar-refractivity contribution in [1.82, 2.24) is 14.5 Å². The largest absolute Gasteiger partial charge is 0.480 e. The molecule has 6 nitrogen and oxygen atoms in total. The van der Waals surface area contributed by atoms with Crippen LogP contribution in [0.1, 0.15) is 16.7 Å². The summed E-state index contributed by atoms with van der Waals surface area (Å²) in [5.74, 6) is 0.745. The molecule has 2 heterocycles. The topological polar surface area (TPSA) is 89.8 Å². The van der Waals surface area contributed by atoms with Crippen LogP contribution in [0, 0.1) is 18.3 Å². The summed E-state index contributed by atoms with van der Waals surface area (Å²) in [6.45, 7) is 2.57. The van der Waals surface area contributed by atoms with Crippen molar-refractivity contribution in [2.45, 2.75) is 18.6 Å². The molecule has 1 aromatic carbocycles. The number of nitrogens with two attached hydrogens (primary N) is 1. The van der Waals surface area contributed by atoms with E-state index in [1.807, 2.05) is 42.0 Å². The molecule has 0 bridgehead atoms. The van der Waals surface area contributed by atoms with Gasteiger partial charge in [-0.05, 0) is 18.7 Å². The molecule has 0 radical (unpaired) electrons. The van der Waals surface area contributed by atoms with Crippen molar-refractivity contribution in [2.75, 3.05) is 19.1 Å². The van der Waals surface area contributed by atoms with Crippen LogP contribution in [-0.2, 0) is 6.54 Å². The number of anilines is 1. The minimum atomic E-state index is 0.349. The number of nitriles is 1. The maximum absolute atomic E-state index is 9.52. The number of thioether (sulfide) groups is 1. The van der Waals surface area contributed by atoms with Crippen molar-refractivity contribution < 1.29 is 4.74 Å². The Morgan fingerprint density at radius 2 is 2.00 bits per heavy atom. The Hall–Kier alpha value is -2.72. The summed E-state index contributed by atoms with van der Waals surface area (Å²) in [4.78, 5) is 8.88. The third-order valence-electron chi connectivity index (χ3n) is 3.84. The minimum Gasteiger partial charge on any atom is -0.480 e. The number of hydrogen-bond acceptors (Lipinski definition) is 6. The van der Waals surface area contributed by atoms with Crippen molar-refractivity contribution in [1.29, 1.82) is 5.26 Å². The summed E-state index contributed by atoms with van der Waals surface area (Å²) in [7, 11) is 1.53. The van der Waals surface area contributed by atoms with E-state index in [1.54, 1.807) is 0 Å². The zero-order valence-electron chi connectivity index (χ0n) is 13.7.